The highest BCUT2D eigenvalue weighted by Crippen LogP contribution is 2.09. The highest BCUT2D eigenvalue weighted by atomic mass is 16.5. The molecule has 0 amide bonds. The first-order valence-corrected chi connectivity index (χ1v) is 5.92. The number of ether oxygens (including phenoxy) is 1. The number of carbonyl (C=O) groups is 1. The Labute approximate surface area is 92.8 Å². The summed E-state index contributed by atoms with van der Waals surface area (Å²) >= 11 is 0. The number of hydrogen-bond donors (Lipinski definition) is 1. The van der Waals surface area contributed by atoms with Crippen LogP contribution in [0, 0.1) is 5.92 Å². The normalized spacial score (nSPS) is 10.9. The number of unbranched alkanes of at least 4 members (excludes halogenated alkanes) is 3. The van der Waals surface area contributed by atoms with E-state index in [4.69, 9.17) is 9.84 Å². The minimum atomic E-state index is -0.785. The van der Waals surface area contributed by atoms with E-state index in [0.717, 1.165) is 12.3 Å². The summed E-state index contributed by atoms with van der Waals surface area (Å²) < 4.78 is 5.19. The maximum atomic E-state index is 10.2. The first kappa shape index (κ1) is 14.4. The predicted molar refractivity (Wildman–Crippen MR) is 61.0 cm³/mol. The van der Waals surface area contributed by atoms with Gasteiger partial charge >= 0.3 is 5.97 Å². The summed E-state index contributed by atoms with van der Waals surface area (Å²) in [6.07, 6.45) is 6.23. The second-order valence-corrected chi connectivity index (χ2v) is 4.35. The van der Waals surface area contributed by atoms with Crippen LogP contribution < -0.4 is 0 Å². The number of aliphatic carboxylic acids is 1. The second-order valence-electron chi connectivity index (χ2n) is 4.35. The summed E-state index contributed by atoms with van der Waals surface area (Å²) in [6.45, 7) is 5.54. The molecule has 0 aromatic carbocycles. The Kier molecular flexibility index (Phi) is 9.59. The minimum Gasteiger partial charge on any atom is -0.481 e. The van der Waals surface area contributed by atoms with Crippen molar-refractivity contribution in [3.05, 3.63) is 0 Å². The van der Waals surface area contributed by atoms with Crippen LogP contribution in [0.4, 0.5) is 0 Å². The van der Waals surface area contributed by atoms with E-state index in [0.29, 0.717) is 13.2 Å². The molecule has 0 bridgehead atoms. The van der Waals surface area contributed by atoms with Gasteiger partial charge in [-0.15, -0.1) is 0 Å². The highest BCUT2D eigenvalue weighted by Gasteiger charge is 1.97. The van der Waals surface area contributed by atoms with Crippen molar-refractivity contribution in [2.75, 3.05) is 13.2 Å². The van der Waals surface area contributed by atoms with Crippen LogP contribution in [-0.2, 0) is 9.53 Å². The summed E-state index contributed by atoms with van der Waals surface area (Å²) in [5.74, 6) is 0.0174. The Morgan fingerprint density at radius 3 is 2.40 bits per heavy atom. The molecule has 0 atom stereocenters. The van der Waals surface area contributed by atoms with Crippen molar-refractivity contribution in [1.29, 1.82) is 0 Å². The molecule has 0 heterocycles. The first-order chi connectivity index (χ1) is 7.13. The fraction of sp³-hybridized carbons (Fsp3) is 0.917. The molecule has 0 aliphatic carbocycles. The van der Waals surface area contributed by atoms with Crippen LogP contribution in [0.3, 0.4) is 0 Å². The number of hydrogen-bond acceptors (Lipinski definition) is 2. The van der Waals surface area contributed by atoms with E-state index in [1.54, 1.807) is 0 Å². The molecule has 3 heteroatoms. The lowest BCUT2D eigenvalue weighted by molar-refractivity contribution is -0.138. The van der Waals surface area contributed by atoms with E-state index in [9.17, 15) is 4.79 Å². The maximum absolute atomic E-state index is 10.2. The van der Waals surface area contributed by atoms with E-state index in [-0.39, 0.29) is 6.42 Å². The van der Waals surface area contributed by atoms with Gasteiger partial charge in [0.25, 0.3) is 0 Å². The third-order valence-electron chi connectivity index (χ3n) is 2.28. The topological polar surface area (TPSA) is 46.5 Å². The third-order valence-corrected chi connectivity index (χ3v) is 2.28. The molecule has 0 saturated carbocycles. The van der Waals surface area contributed by atoms with Crippen molar-refractivity contribution in [1.82, 2.24) is 0 Å². The van der Waals surface area contributed by atoms with Gasteiger partial charge in [-0.05, 0) is 12.3 Å². The number of carboxylic acid groups (broad SMARTS) is 1. The van der Waals surface area contributed by atoms with Crippen LogP contribution >= 0.6 is 0 Å². The largest absolute Gasteiger partial charge is 0.481 e. The molecule has 0 saturated heterocycles. The molecular weight excluding hydrogens is 192 g/mol. The lowest BCUT2D eigenvalue weighted by Gasteiger charge is -2.04. The average molecular weight is 216 g/mol. The molecule has 90 valence electrons. The second kappa shape index (κ2) is 9.97. The quantitative estimate of drug-likeness (QED) is 0.571. The third kappa shape index (κ3) is 13.4. The average Bonchev–Trinajstić information content (AvgIpc) is 2.14. The van der Waals surface area contributed by atoms with Crippen molar-refractivity contribution in [2.45, 2.75) is 52.4 Å². The van der Waals surface area contributed by atoms with Crippen LogP contribution in [0.25, 0.3) is 0 Å². The van der Waals surface area contributed by atoms with E-state index in [2.05, 4.69) is 13.8 Å². The fourth-order valence-corrected chi connectivity index (χ4v) is 1.37. The zero-order valence-corrected chi connectivity index (χ0v) is 10.00. The van der Waals surface area contributed by atoms with Gasteiger partial charge in [-0.1, -0.05) is 39.5 Å². The molecule has 0 aromatic rings. The minimum absolute atomic E-state index is 0.118. The van der Waals surface area contributed by atoms with Crippen LogP contribution in [0.5, 0.6) is 0 Å². The smallest absolute Gasteiger partial charge is 0.305 e. The predicted octanol–water partition coefficient (Wildman–Crippen LogP) is 3.08. The Hall–Kier alpha value is -0.570. The van der Waals surface area contributed by atoms with E-state index >= 15 is 0 Å². The van der Waals surface area contributed by atoms with Gasteiger partial charge in [0.05, 0.1) is 13.0 Å². The van der Waals surface area contributed by atoms with Gasteiger partial charge in [-0.2, -0.15) is 0 Å². The Balaban J connectivity index is 2.96. The maximum Gasteiger partial charge on any atom is 0.305 e. The van der Waals surface area contributed by atoms with Crippen molar-refractivity contribution in [3.63, 3.8) is 0 Å². The van der Waals surface area contributed by atoms with Gasteiger partial charge in [0.15, 0.2) is 0 Å². The van der Waals surface area contributed by atoms with E-state index < -0.39 is 5.97 Å². The molecule has 0 aliphatic rings. The van der Waals surface area contributed by atoms with Gasteiger partial charge in [0.1, 0.15) is 0 Å². The van der Waals surface area contributed by atoms with Crippen molar-refractivity contribution in [3.8, 4) is 0 Å². The fourth-order valence-electron chi connectivity index (χ4n) is 1.37. The van der Waals surface area contributed by atoms with Crippen molar-refractivity contribution >= 4 is 5.97 Å². The molecular formula is C12H24O3. The van der Waals surface area contributed by atoms with Crippen LogP contribution in [0.1, 0.15) is 52.4 Å². The molecule has 15 heavy (non-hydrogen) atoms. The molecule has 0 aliphatic heterocycles. The standard InChI is InChI=1S/C12H24O3/c1-11(2)7-5-3-4-6-9-15-10-8-12(13)14/h11H,3-10H2,1-2H3,(H,13,14). The van der Waals surface area contributed by atoms with E-state index in [1.165, 1.54) is 25.7 Å². The molecule has 0 spiro atoms. The van der Waals surface area contributed by atoms with Gasteiger partial charge in [-0.3, -0.25) is 4.79 Å². The van der Waals surface area contributed by atoms with Gasteiger partial charge in [0.2, 0.25) is 0 Å². The van der Waals surface area contributed by atoms with Crippen LogP contribution in [-0.4, -0.2) is 24.3 Å². The summed E-state index contributed by atoms with van der Waals surface area (Å²) in [5.41, 5.74) is 0. The molecule has 0 fully saturated rings. The van der Waals surface area contributed by atoms with Gasteiger partial charge < -0.3 is 9.84 Å². The first-order valence-electron chi connectivity index (χ1n) is 5.92. The van der Waals surface area contributed by atoms with Crippen LogP contribution in [0.15, 0.2) is 0 Å². The SMILES string of the molecule is CC(C)CCCCCCOCCC(=O)O. The molecule has 1 N–H and O–H groups in total. The summed E-state index contributed by atoms with van der Waals surface area (Å²) in [7, 11) is 0. The monoisotopic (exact) mass is 216 g/mol. The molecule has 0 rings (SSSR count). The van der Waals surface area contributed by atoms with Crippen molar-refractivity contribution in [2.24, 2.45) is 5.92 Å². The summed E-state index contributed by atoms with van der Waals surface area (Å²) in [4.78, 5) is 10.2. The highest BCUT2D eigenvalue weighted by molar-refractivity contribution is 5.66. The van der Waals surface area contributed by atoms with Gasteiger partial charge in [0, 0.05) is 6.61 Å². The Morgan fingerprint density at radius 2 is 1.80 bits per heavy atom. The zero-order chi connectivity index (χ0) is 11.5. The van der Waals surface area contributed by atoms with Gasteiger partial charge in [-0.25, -0.2) is 0 Å². The number of carboxylic acids is 1. The summed E-state index contributed by atoms with van der Waals surface area (Å²) in [5, 5.41) is 8.36. The molecule has 0 aromatic heterocycles. The Morgan fingerprint density at radius 1 is 1.13 bits per heavy atom. The molecule has 0 unspecified atom stereocenters. The lowest BCUT2D eigenvalue weighted by atomic mass is 10.0. The van der Waals surface area contributed by atoms with Crippen molar-refractivity contribution < 1.29 is 14.6 Å². The lowest BCUT2D eigenvalue weighted by Crippen LogP contribution is -2.03. The molecule has 0 radical (unpaired) electrons. The molecule has 3 nitrogen and oxygen atoms in total. The zero-order valence-electron chi connectivity index (χ0n) is 10.00. The number of rotatable bonds is 10. The van der Waals surface area contributed by atoms with Crippen LogP contribution in [0.2, 0.25) is 0 Å². The Bertz CT molecular complexity index is 155. The summed E-state index contributed by atoms with van der Waals surface area (Å²) in [6, 6.07) is 0. The van der Waals surface area contributed by atoms with E-state index in [1.807, 2.05) is 0 Å².